The molecule has 0 aromatic heterocycles. The third-order valence-electron chi connectivity index (χ3n) is 2.03. The molecule has 1 aromatic rings. The van der Waals surface area contributed by atoms with Crippen molar-refractivity contribution in [2.75, 3.05) is 0 Å². The first-order valence-electron chi connectivity index (χ1n) is 4.27. The summed E-state index contributed by atoms with van der Waals surface area (Å²) in [6.07, 6.45) is -4.43. The Kier molecular flexibility index (Phi) is 3.30. The summed E-state index contributed by atoms with van der Waals surface area (Å²) in [6.45, 7) is 1.41. The van der Waals surface area contributed by atoms with Crippen molar-refractivity contribution in [1.82, 2.24) is 0 Å². The standard InChI is InChI=1S/C9H10F3NO2S/c1-6-4-8(9(10,11)12)3-2-7(6)5-16(13,14)15/h2-4H,5H2,1H3,(H2,13,14,15). The van der Waals surface area contributed by atoms with Crippen LogP contribution in [0.3, 0.4) is 0 Å². The highest BCUT2D eigenvalue weighted by Crippen LogP contribution is 2.30. The fourth-order valence-electron chi connectivity index (χ4n) is 1.25. The molecule has 7 heteroatoms. The zero-order valence-electron chi connectivity index (χ0n) is 8.38. The fraction of sp³-hybridized carbons (Fsp3) is 0.333. The molecular weight excluding hydrogens is 243 g/mol. The lowest BCUT2D eigenvalue weighted by Crippen LogP contribution is -2.15. The molecule has 0 aliphatic heterocycles. The number of aryl methyl sites for hydroxylation is 1. The van der Waals surface area contributed by atoms with Crippen LogP contribution in [0.25, 0.3) is 0 Å². The van der Waals surface area contributed by atoms with Gasteiger partial charge in [-0.05, 0) is 30.2 Å². The number of alkyl halides is 3. The van der Waals surface area contributed by atoms with Gasteiger partial charge in [-0.2, -0.15) is 13.2 Å². The van der Waals surface area contributed by atoms with Crippen LogP contribution in [-0.4, -0.2) is 8.42 Å². The van der Waals surface area contributed by atoms with Gasteiger partial charge in [0, 0.05) is 0 Å². The van der Waals surface area contributed by atoms with Gasteiger partial charge in [-0.3, -0.25) is 0 Å². The summed E-state index contributed by atoms with van der Waals surface area (Å²) in [5.74, 6) is -0.461. The quantitative estimate of drug-likeness (QED) is 0.873. The van der Waals surface area contributed by atoms with E-state index in [2.05, 4.69) is 0 Å². The van der Waals surface area contributed by atoms with Crippen molar-refractivity contribution in [1.29, 1.82) is 0 Å². The maximum atomic E-state index is 12.3. The minimum atomic E-state index is -4.43. The Morgan fingerprint density at radius 1 is 1.31 bits per heavy atom. The summed E-state index contributed by atoms with van der Waals surface area (Å²) in [5.41, 5.74) is -0.275. The Bertz CT molecular complexity index is 494. The van der Waals surface area contributed by atoms with E-state index in [-0.39, 0.29) is 11.1 Å². The first-order chi connectivity index (χ1) is 7.09. The number of benzene rings is 1. The second-order valence-electron chi connectivity index (χ2n) is 3.45. The van der Waals surface area contributed by atoms with Crippen molar-refractivity contribution < 1.29 is 21.6 Å². The minimum Gasteiger partial charge on any atom is -0.228 e. The third kappa shape index (κ3) is 3.49. The average Bonchev–Trinajstić information content (AvgIpc) is 2.04. The van der Waals surface area contributed by atoms with Crippen molar-refractivity contribution in [3.8, 4) is 0 Å². The lowest BCUT2D eigenvalue weighted by molar-refractivity contribution is -0.137. The molecule has 0 saturated heterocycles. The zero-order chi connectivity index (χ0) is 12.6. The van der Waals surface area contributed by atoms with Gasteiger partial charge in [-0.1, -0.05) is 6.07 Å². The molecule has 3 nitrogen and oxygen atoms in total. The van der Waals surface area contributed by atoms with Crippen LogP contribution in [-0.2, 0) is 22.0 Å². The van der Waals surface area contributed by atoms with Crippen LogP contribution in [0, 0.1) is 6.92 Å². The smallest absolute Gasteiger partial charge is 0.228 e. The van der Waals surface area contributed by atoms with Gasteiger partial charge >= 0.3 is 6.18 Å². The highest BCUT2D eigenvalue weighted by atomic mass is 32.2. The average molecular weight is 253 g/mol. The van der Waals surface area contributed by atoms with E-state index < -0.39 is 27.5 Å². The van der Waals surface area contributed by atoms with Gasteiger partial charge in [-0.15, -0.1) is 0 Å². The molecule has 0 fully saturated rings. The molecule has 0 atom stereocenters. The summed E-state index contributed by atoms with van der Waals surface area (Å²) in [5, 5.41) is 4.81. The van der Waals surface area contributed by atoms with Crippen molar-refractivity contribution in [3.05, 3.63) is 34.9 Å². The van der Waals surface area contributed by atoms with Gasteiger partial charge in [0.1, 0.15) is 0 Å². The van der Waals surface area contributed by atoms with Crippen LogP contribution >= 0.6 is 0 Å². The van der Waals surface area contributed by atoms with E-state index >= 15 is 0 Å². The van der Waals surface area contributed by atoms with E-state index in [0.29, 0.717) is 0 Å². The number of rotatable bonds is 2. The Morgan fingerprint density at radius 3 is 2.25 bits per heavy atom. The Labute approximate surface area is 91.1 Å². The molecule has 0 amide bonds. The van der Waals surface area contributed by atoms with Gasteiger partial charge in [-0.25, -0.2) is 13.6 Å². The number of halogens is 3. The number of hydrogen-bond acceptors (Lipinski definition) is 2. The van der Waals surface area contributed by atoms with E-state index in [9.17, 15) is 21.6 Å². The molecule has 0 unspecified atom stereocenters. The van der Waals surface area contributed by atoms with Gasteiger partial charge < -0.3 is 0 Å². The van der Waals surface area contributed by atoms with Crippen LogP contribution in [0.1, 0.15) is 16.7 Å². The van der Waals surface area contributed by atoms with Crippen LogP contribution in [0.4, 0.5) is 13.2 Å². The molecular formula is C9H10F3NO2S. The Balaban J connectivity index is 3.11. The Hall–Kier alpha value is -1.08. The second kappa shape index (κ2) is 4.06. The van der Waals surface area contributed by atoms with E-state index in [1.807, 2.05) is 0 Å². The van der Waals surface area contributed by atoms with Crippen LogP contribution in [0.5, 0.6) is 0 Å². The molecule has 2 N–H and O–H groups in total. The largest absolute Gasteiger partial charge is 0.416 e. The highest BCUT2D eigenvalue weighted by Gasteiger charge is 2.30. The molecule has 0 saturated carbocycles. The minimum absolute atomic E-state index is 0.254. The normalized spacial score (nSPS) is 12.8. The molecule has 1 rings (SSSR count). The second-order valence-corrected chi connectivity index (χ2v) is 5.06. The van der Waals surface area contributed by atoms with E-state index in [0.717, 1.165) is 18.2 Å². The molecule has 0 aliphatic rings. The molecule has 16 heavy (non-hydrogen) atoms. The van der Waals surface area contributed by atoms with Gasteiger partial charge in [0.05, 0.1) is 11.3 Å². The predicted molar refractivity (Wildman–Crippen MR) is 53.0 cm³/mol. The summed E-state index contributed by atoms with van der Waals surface area (Å²) >= 11 is 0. The summed E-state index contributed by atoms with van der Waals surface area (Å²) < 4.78 is 58.5. The van der Waals surface area contributed by atoms with Crippen LogP contribution < -0.4 is 5.14 Å². The fourth-order valence-corrected chi connectivity index (χ4v) is 2.01. The molecule has 0 aliphatic carbocycles. The first kappa shape index (κ1) is 13.0. The first-order valence-corrected chi connectivity index (χ1v) is 5.98. The van der Waals surface area contributed by atoms with E-state index in [1.54, 1.807) is 0 Å². The SMILES string of the molecule is Cc1cc(C(F)(F)F)ccc1CS(N)(=O)=O. The summed E-state index contributed by atoms with van der Waals surface area (Å²) in [4.78, 5) is 0. The molecule has 0 heterocycles. The van der Waals surface area contributed by atoms with E-state index in [4.69, 9.17) is 5.14 Å². The number of sulfonamides is 1. The van der Waals surface area contributed by atoms with Crippen LogP contribution in [0.2, 0.25) is 0 Å². The van der Waals surface area contributed by atoms with Gasteiger partial charge in [0.25, 0.3) is 0 Å². The Morgan fingerprint density at radius 2 is 1.88 bits per heavy atom. The molecule has 0 spiro atoms. The predicted octanol–water partition coefficient (Wildman–Crippen LogP) is 1.80. The lowest BCUT2D eigenvalue weighted by Gasteiger charge is -2.10. The van der Waals surface area contributed by atoms with Crippen molar-refractivity contribution in [3.63, 3.8) is 0 Å². The van der Waals surface area contributed by atoms with Crippen molar-refractivity contribution in [2.24, 2.45) is 5.14 Å². The lowest BCUT2D eigenvalue weighted by atomic mass is 10.1. The number of nitrogens with two attached hydrogens (primary N) is 1. The summed E-state index contributed by atoms with van der Waals surface area (Å²) in [7, 11) is -3.73. The molecule has 90 valence electrons. The maximum Gasteiger partial charge on any atom is 0.416 e. The summed E-state index contributed by atoms with van der Waals surface area (Å²) in [6, 6.07) is 2.87. The highest BCUT2D eigenvalue weighted by molar-refractivity contribution is 7.88. The topological polar surface area (TPSA) is 60.2 Å². The zero-order valence-corrected chi connectivity index (χ0v) is 9.19. The molecule has 1 aromatic carbocycles. The molecule has 0 bridgehead atoms. The third-order valence-corrected chi connectivity index (χ3v) is 2.74. The maximum absolute atomic E-state index is 12.3. The van der Waals surface area contributed by atoms with Gasteiger partial charge in [0.2, 0.25) is 10.0 Å². The van der Waals surface area contributed by atoms with Gasteiger partial charge in [0.15, 0.2) is 0 Å². The van der Waals surface area contributed by atoms with Crippen LogP contribution in [0.15, 0.2) is 18.2 Å². The van der Waals surface area contributed by atoms with Crippen molar-refractivity contribution >= 4 is 10.0 Å². The number of hydrogen-bond donors (Lipinski definition) is 1. The monoisotopic (exact) mass is 253 g/mol. The van der Waals surface area contributed by atoms with E-state index in [1.165, 1.54) is 6.92 Å². The molecule has 0 radical (unpaired) electrons. The number of primary sulfonamides is 1. The van der Waals surface area contributed by atoms with Crippen molar-refractivity contribution in [2.45, 2.75) is 18.9 Å².